The van der Waals surface area contributed by atoms with E-state index in [1.54, 1.807) is 35.6 Å². The standard InChI is InChI=1S/C19H17NO3S2/c1-25(22,23)13-14-6-4-7-15(12-14)19(21)20-17-9-3-2-8-16(17)18-10-5-11-24-18/h2-12H,13H2,1H3,(H,20,21). The van der Waals surface area contributed by atoms with Gasteiger partial charge in [0.15, 0.2) is 9.84 Å². The number of sulfone groups is 1. The van der Waals surface area contributed by atoms with Crippen LogP contribution < -0.4 is 5.32 Å². The molecule has 1 aromatic heterocycles. The van der Waals surface area contributed by atoms with Crippen LogP contribution in [0.2, 0.25) is 0 Å². The lowest BCUT2D eigenvalue weighted by Crippen LogP contribution is -2.13. The number of hydrogen-bond donors (Lipinski definition) is 1. The number of nitrogens with one attached hydrogen (secondary N) is 1. The van der Waals surface area contributed by atoms with E-state index in [-0.39, 0.29) is 11.7 Å². The van der Waals surface area contributed by atoms with Crippen LogP contribution in [0.15, 0.2) is 66.0 Å². The predicted molar refractivity (Wildman–Crippen MR) is 103 cm³/mol. The van der Waals surface area contributed by atoms with Crippen molar-refractivity contribution in [3.05, 3.63) is 77.2 Å². The van der Waals surface area contributed by atoms with Gasteiger partial charge in [-0.25, -0.2) is 8.42 Å². The van der Waals surface area contributed by atoms with Gasteiger partial charge in [-0.3, -0.25) is 4.79 Å². The molecule has 2 aromatic carbocycles. The highest BCUT2D eigenvalue weighted by atomic mass is 32.2. The summed E-state index contributed by atoms with van der Waals surface area (Å²) in [5, 5.41) is 4.91. The van der Waals surface area contributed by atoms with Gasteiger partial charge in [0.2, 0.25) is 0 Å². The molecule has 0 aliphatic carbocycles. The lowest BCUT2D eigenvalue weighted by molar-refractivity contribution is 0.102. The second-order valence-electron chi connectivity index (χ2n) is 5.75. The number of anilines is 1. The fraction of sp³-hybridized carbons (Fsp3) is 0.105. The molecule has 6 heteroatoms. The number of amides is 1. The minimum atomic E-state index is -3.15. The van der Waals surface area contributed by atoms with Crippen molar-refractivity contribution in [1.82, 2.24) is 0 Å². The number of thiophene rings is 1. The Kier molecular flexibility index (Phi) is 5.01. The molecule has 0 aliphatic rings. The summed E-state index contributed by atoms with van der Waals surface area (Å²) in [7, 11) is -3.15. The van der Waals surface area contributed by atoms with Crippen molar-refractivity contribution >= 4 is 32.8 Å². The number of carbonyl (C=O) groups excluding carboxylic acids is 1. The number of rotatable bonds is 5. The van der Waals surface area contributed by atoms with E-state index in [1.807, 2.05) is 41.8 Å². The highest BCUT2D eigenvalue weighted by molar-refractivity contribution is 7.89. The lowest BCUT2D eigenvalue weighted by Gasteiger charge is -2.10. The van der Waals surface area contributed by atoms with E-state index in [2.05, 4.69) is 5.32 Å². The van der Waals surface area contributed by atoms with Crippen molar-refractivity contribution in [3.63, 3.8) is 0 Å². The molecule has 0 spiro atoms. The molecular weight excluding hydrogens is 354 g/mol. The van der Waals surface area contributed by atoms with Gasteiger partial charge in [-0.15, -0.1) is 11.3 Å². The van der Waals surface area contributed by atoms with Crippen LogP contribution in [0.5, 0.6) is 0 Å². The monoisotopic (exact) mass is 371 g/mol. The van der Waals surface area contributed by atoms with Crippen LogP contribution >= 0.6 is 11.3 Å². The zero-order valence-electron chi connectivity index (χ0n) is 13.6. The van der Waals surface area contributed by atoms with Gasteiger partial charge in [-0.1, -0.05) is 36.4 Å². The van der Waals surface area contributed by atoms with E-state index in [1.165, 1.54) is 6.26 Å². The van der Waals surface area contributed by atoms with E-state index in [0.29, 0.717) is 11.1 Å². The van der Waals surface area contributed by atoms with Crippen LogP contribution in [0.3, 0.4) is 0 Å². The summed E-state index contributed by atoms with van der Waals surface area (Å²) in [5.41, 5.74) is 2.71. The van der Waals surface area contributed by atoms with Crippen LogP contribution in [0.25, 0.3) is 10.4 Å². The van der Waals surface area contributed by atoms with Crippen molar-refractivity contribution in [1.29, 1.82) is 0 Å². The van der Waals surface area contributed by atoms with Gasteiger partial charge in [-0.05, 0) is 35.2 Å². The molecule has 0 unspecified atom stereocenters. The average molecular weight is 371 g/mol. The maximum Gasteiger partial charge on any atom is 0.255 e. The van der Waals surface area contributed by atoms with Crippen molar-refractivity contribution in [2.45, 2.75) is 5.75 Å². The smallest absolute Gasteiger partial charge is 0.255 e. The molecule has 4 nitrogen and oxygen atoms in total. The van der Waals surface area contributed by atoms with Gasteiger partial charge in [0, 0.05) is 27.9 Å². The molecule has 0 bridgehead atoms. The fourth-order valence-corrected chi connectivity index (χ4v) is 4.09. The third kappa shape index (κ3) is 4.55. The normalized spacial score (nSPS) is 11.2. The molecule has 1 N–H and O–H groups in total. The van der Waals surface area contributed by atoms with E-state index < -0.39 is 9.84 Å². The number of para-hydroxylation sites is 1. The van der Waals surface area contributed by atoms with Gasteiger partial charge in [0.05, 0.1) is 5.75 Å². The largest absolute Gasteiger partial charge is 0.321 e. The van der Waals surface area contributed by atoms with Crippen molar-refractivity contribution in [3.8, 4) is 10.4 Å². The van der Waals surface area contributed by atoms with Crippen LogP contribution in [0.4, 0.5) is 5.69 Å². The summed E-state index contributed by atoms with van der Waals surface area (Å²) in [6.45, 7) is 0. The quantitative estimate of drug-likeness (QED) is 0.731. The van der Waals surface area contributed by atoms with Gasteiger partial charge in [0.1, 0.15) is 0 Å². The molecule has 0 atom stereocenters. The summed E-state index contributed by atoms with van der Waals surface area (Å²) in [6.07, 6.45) is 1.18. The Bertz CT molecular complexity index is 993. The fourth-order valence-electron chi connectivity index (χ4n) is 2.54. The summed E-state index contributed by atoms with van der Waals surface area (Å²) in [6, 6.07) is 18.3. The topological polar surface area (TPSA) is 63.2 Å². The Balaban J connectivity index is 1.85. The lowest BCUT2D eigenvalue weighted by atomic mass is 10.1. The number of carbonyl (C=O) groups is 1. The van der Waals surface area contributed by atoms with E-state index in [0.717, 1.165) is 16.1 Å². The van der Waals surface area contributed by atoms with E-state index >= 15 is 0 Å². The van der Waals surface area contributed by atoms with Gasteiger partial charge >= 0.3 is 0 Å². The average Bonchev–Trinajstić information content (AvgIpc) is 3.08. The first kappa shape index (κ1) is 17.4. The Hall–Kier alpha value is -2.44. The van der Waals surface area contributed by atoms with Crippen LogP contribution in [0, 0.1) is 0 Å². The summed E-state index contributed by atoms with van der Waals surface area (Å²) in [4.78, 5) is 13.7. The van der Waals surface area contributed by atoms with Crippen LogP contribution in [-0.2, 0) is 15.6 Å². The van der Waals surface area contributed by atoms with Crippen molar-refractivity contribution in [2.24, 2.45) is 0 Å². The molecule has 25 heavy (non-hydrogen) atoms. The first-order chi connectivity index (χ1) is 11.9. The van der Waals surface area contributed by atoms with Gasteiger partial charge in [0.25, 0.3) is 5.91 Å². The molecular formula is C19H17NO3S2. The minimum Gasteiger partial charge on any atom is -0.321 e. The first-order valence-corrected chi connectivity index (χ1v) is 10.6. The Morgan fingerprint density at radius 1 is 1.04 bits per heavy atom. The highest BCUT2D eigenvalue weighted by Gasteiger charge is 2.12. The molecule has 0 radical (unpaired) electrons. The Morgan fingerprint density at radius 3 is 2.56 bits per heavy atom. The van der Waals surface area contributed by atoms with Gasteiger partial charge in [-0.2, -0.15) is 0 Å². The SMILES string of the molecule is CS(=O)(=O)Cc1cccc(C(=O)Nc2ccccc2-c2cccs2)c1. The molecule has 3 rings (SSSR count). The zero-order valence-corrected chi connectivity index (χ0v) is 15.2. The summed E-state index contributed by atoms with van der Waals surface area (Å²) in [5.74, 6) is -0.348. The third-order valence-electron chi connectivity index (χ3n) is 3.58. The Labute approximate surface area is 151 Å². The van der Waals surface area contributed by atoms with Crippen molar-refractivity contribution < 1.29 is 13.2 Å². The van der Waals surface area contributed by atoms with Gasteiger partial charge < -0.3 is 5.32 Å². The molecule has 3 aromatic rings. The molecule has 0 saturated carbocycles. The Morgan fingerprint density at radius 2 is 1.84 bits per heavy atom. The van der Waals surface area contributed by atoms with Crippen molar-refractivity contribution in [2.75, 3.05) is 11.6 Å². The number of hydrogen-bond acceptors (Lipinski definition) is 4. The van der Waals surface area contributed by atoms with Crippen LogP contribution in [-0.4, -0.2) is 20.6 Å². The maximum absolute atomic E-state index is 12.6. The third-order valence-corrected chi connectivity index (χ3v) is 5.34. The summed E-state index contributed by atoms with van der Waals surface area (Å²) >= 11 is 1.60. The maximum atomic E-state index is 12.6. The molecule has 1 amide bonds. The second kappa shape index (κ2) is 7.21. The molecule has 0 saturated heterocycles. The molecule has 0 aliphatic heterocycles. The predicted octanol–water partition coefficient (Wildman–Crippen LogP) is 4.21. The van der Waals surface area contributed by atoms with E-state index in [9.17, 15) is 13.2 Å². The molecule has 128 valence electrons. The molecule has 0 fully saturated rings. The number of benzene rings is 2. The molecule has 1 heterocycles. The van der Waals surface area contributed by atoms with Crippen LogP contribution in [0.1, 0.15) is 15.9 Å². The minimum absolute atomic E-state index is 0.0834. The highest BCUT2D eigenvalue weighted by Crippen LogP contribution is 2.31. The second-order valence-corrected chi connectivity index (χ2v) is 8.84. The summed E-state index contributed by atoms with van der Waals surface area (Å²) < 4.78 is 22.9. The zero-order chi connectivity index (χ0) is 17.9. The van der Waals surface area contributed by atoms with E-state index in [4.69, 9.17) is 0 Å². The first-order valence-electron chi connectivity index (χ1n) is 7.63.